The van der Waals surface area contributed by atoms with Gasteiger partial charge in [0.05, 0.1) is 6.54 Å². The molecule has 2 aromatic rings. The Labute approximate surface area is 158 Å². The first-order valence-electron chi connectivity index (χ1n) is 8.42. The van der Waals surface area contributed by atoms with Crippen molar-refractivity contribution in [1.29, 1.82) is 0 Å². The molecule has 1 aliphatic rings. The zero-order valence-electron chi connectivity index (χ0n) is 15.3. The summed E-state index contributed by atoms with van der Waals surface area (Å²) in [6, 6.07) is 13.5. The summed E-state index contributed by atoms with van der Waals surface area (Å²) in [5.41, 5.74) is -0.819. The molecule has 0 radical (unpaired) electrons. The molecule has 1 aliphatic heterocycles. The van der Waals surface area contributed by atoms with Gasteiger partial charge in [-0.05, 0) is 45.0 Å². The van der Waals surface area contributed by atoms with Crippen molar-refractivity contribution in [2.45, 2.75) is 31.3 Å². The van der Waals surface area contributed by atoms with Gasteiger partial charge in [0, 0.05) is 6.07 Å². The number of hydrogen-bond acceptors (Lipinski definition) is 6. The highest BCUT2D eigenvalue weighted by molar-refractivity contribution is 7.89. The maximum atomic E-state index is 13.0. The zero-order chi connectivity index (χ0) is 19.7. The highest BCUT2D eigenvalue weighted by Crippen LogP contribution is 2.34. The highest BCUT2D eigenvalue weighted by Gasteiger charge is 2.37. The Hall–Kier alpha value is -2.74. The Kier molecular flexibility index (Phi) is 5.01. The van der Waals surface area contributed by atoms with Crippen molar-refractivity contribution in [3.63, 3.8) is 0 Å². The van der Waals surface area contributed by atoms with Gasteiger partial charge in [-0.15, -0.1) is 0 Å². The molecule has 8 heteroatoms. The molecule has 27 heavy (non-hydrogen) atoms. The van der Waals surface area contributed by atoms with E-state index in [9.17, 15) is 13.2 Å². The van der Waals surface area contributed by atoms with Crippen LogP contribution in [0.25, 0.3) is 0 Å². The normalized spacial score (nSPS) is 15.9. The van der Waals surface area contributed by atoms with Crippen LogP contribution in [0.4, 0.5) is 4.79 Å². The number of carbonyl (C=O) groups is 1. The van der Waals surface area contributed by atoms with Gasteiger partial charge in [-0.25, -0.2) is 13.2 Å². The number of hydrogen-bond donors (Lipinski definition) is 0. The monoisotopic (exact) mass is 391 g/mol. The average Bonchev–Trinajstić information content (AvgIpc) is 2.71. The number of carbonyl (C=O) groups excluding carboxylic acids is 1. The molecular weight excluding hydrogens is 370 g/mol. The van der Waals surface area contributed by atoms with Crippen LogP contribution in [0.1, 0.15) is 20.8 Å². The molecule has 0 spiro atoms. The van der Waals surface area contributed by atoms with Crippen LogP contribution in [0.3, 0.4) is 0 Å². The van der Waals surface area contributed by atoms with E-state index in [1.165, 1.54) is 12.1 Å². The minimum Gasteiger partial charge on any atom is -0.490 e. The first-order valence-corrected chi connectivity index (χ1v) is 9.86. The molecule has 1 heterocycles. The number of nitrogens with zero attached hydrogens (tertiary/aromatic N) is 1. The summed E-state index contributed by atoms with van der Waals surface area (Å²) in [4.78, 5) is 12.3. The third-order valence-electron chi connectivity index (χ3n) is 3.61. The molecule has 0 unspecified atom stereocenters. The number of fused-ring (bicyclic) bond motifs is 1. The predicted molar refractivity (Wildman–Crippen MR) is 98.6 cm³/mol. The molecule has 0 saturated carbocycles. The smallest absolute Gasteiger partial charge is 0.424 e. The number of rotatable bonds is 2. The molecule has 3 rings (SSSR count). The van der Waals surface area contributed by atoms with Crippen LogP contribution < -0.4 is 9.47 Å². The second-order valence-corrected chi connectivity index (χ2v) is 8.76. The minimum atomic E-state index is -4.15. The molecule has 0 bridgehead atoms. The summed E-state index contributed by atoms with van der Waals surface area (Å²) < 4.78 is 43.2. The fraction of sp³-hybridized carbons (Fsp3) is 0.316. The van der Waals surface area contributed by atoms with Crippen LogP contribution in [0.5, 0.6) is 17.2 Å². The average molecular weight is 391 g/mol. The molecule has 0 aromatic heterocycles. The lowest BCUT2D eigenvalue weighted by Crippen LogP contribution is -2.41. The number of ether oxygens (including phenoxy) is 3. The predicted octanol–water partition coefficient (Wildman–Crippen LogP) is 3.80. The van der Waals surface area contributed by atoms with Crippen LogP contribution in [-0.4, -0.2) is 37.6 Å². The van der Waals surface area contributed by atoms with Crippen LogP contribution in [0.2, 0.25) is 0 Å². The molecule has 144 valence electrons. The lowest BCUT2D eigenvalue weighted by atomic mass is 10.2. The molecule has 0 fully saturated rings. The maximum Gasteiger partial charge on any atom is 0.424 e. The second kappa shape index (κ2) is 7.11. The number of amides is 1. The topological polar surface area (TPSA) is 82.1 Å². The van der Waals surface area contributed by atoms with Crippen molar-refractivity contribution in [1.82, 2.24) is 4.31 Å². The summed E-state index contributed by atoms with van der Waals surface area (Å²) in [5, 5.41) is 0. The minimum absolute atomic E-state index is 0.0321. The molecule has 0 saturated heterocycles. The second-order valence-electron chi connectivity index (χ2n) is 6.93. The van der Waals surface area contributed by atoms with Gasteiger partial charge in [0.25, 0.3) is 10.0 Å². The summed E-state index contributed by atoms with van der Waals surface area (Å²) in [7, 11) is -4.15. The Bertz CT molecular complexity index is 934. The van der Waals surface area contributed by atoms with E-state index in [1.54, 1.807) is 39.0 Å². The molecule has 0 aliphatic carbocycles. The third kappa shape index (κ3) is 4.33. The van der Waals surface area contributed by atoms with Crippen LogP contribution in [0, 0.1) is 0 Å². The Balaban J connectivity index is 1.95. The lowest BCUT2D eigenvalue weighted by Gasteiger charge is -2.25. The van der Waals surface area contributed by atoms with Gasteiger partial charge in [0.2, 0.25) is 0 Å². The van der Waals surface area contributed by atoms with Crippen molar-refractivity contribution in [3.05, 3.63) is 48.5 Å². The quantitative estimate of drug-likeness (QED) is 0.774. The summed E-state index contributed by atoms with van der Waals surface area (Å²) in [6.07, 6.45) is -0.937. The Morgan fingerprint density at radius 2 is 1.78 bits per heavy atom. The standard InChI is InChI=1S/C19H21NO6S/c1-19(2,3)26-18(21)20-11-12-24-16-10-9-15(13-17(16)27(20,22)23)25-14-7-5-4-6-8-14/h4-10,13H,11-12H2,1-3H3. The van der Waals surface area contributed by atoms with E-state index in [0.29, 0.717) is 15.8 Å². The van der Waals surface area contributed by atoms with Gasteiger partial charge < -0.3 is 14.2 Å². The fourth-order valence-corrected chi connectivity index (χ4v) is 3.91. The maximum absolute atomic E-state index is 13.0. The van der Waals surface area contributed by atoms with Crippen molar-refractivity contribution < 1.29 is 27.4 Å². The third-order valence-corrected chi connectivity index (χ3v) is 5.40. The summed E-state index contributed by atoms with van der Waals surface area (Å²) >= 11 is 0. The molecule has 2 aromatic carbocycles. The SMILES string of the molecule is CC(C)(C)OC(=O)N1CCOc2ccc(Oc3ccccc3)cc2S1(=O)=O. The van der Waals surface area contributed by atoms with Crippen molar-refractivity contribution in [3.8, 4) is 17.2 Å². The summed E-state index contributed by atoms with van der Waals surface area (Å²) in [6.45, 7) is 4.91. The first kappa shape index (κ1) is 19.0. The van der Waals surface area contributed by atoms with Gasteiger partial charge in [0.1, 0.15) is 34.4 Å². The van der Waals surface area contributed by atoms with E-state index < -0.39 is 21.7 Å². The van der Waals surface area contributed by atoms with Crippen molar-refractivity contribution in [2.75, 3.05) is 13.2 Å². The van der Waals surface area contributed by atoms with E-state index in [2.05, 4.69) is 0 Å². The van der Waals surface area contributed by atoms with Gasteiger partial charge in [-0.2, -0.15) is 4.31 Å². The van der Waals surface area contributed by atoms with Crippen LogP contribution in [0.15, 0.2) is 53.4 Å². The molecular formula is C19H21NO6S. The molecule has 7 nitrogen and oxygen atoms in total. The molecule has 0 atom stereocenters. The number of sulfonamides is 1. The molecule has 0 N–H and O–H groups in total. The van der Waals surface area contributed by atoms with Gasteiger partial charge in [-0.3, -0.25) is 0 Å². The Morgan fingerprint density at radius 3 is 2.44 bits per heavy atom. The van der Waals surface area contributed by atoms with E-state index in [1.807, 2.05) is 18.2 Å². The van der Waals surface area contributed by atoms with Crippen LogP contribution >= 0.6 is 0 Å². The van der Waals surface area contributed by atoms with Gasteiger partial charge in [0.15, 0.2) is 0 Å². The highest BCUT2D eigenvalue weighted by atomic mass is 32.2. The summed E-state index contributed by atoms with van der Waals surface area (Å²) in [5.74, 6) is 1.05. The van der Waals surface area contributed by atoms with Crippen molar-refractivity contribution >= 4 is 16.1 Å². The van der Waals surface area contributed by atoms with Gasteiger partial charge in [-0.1, -0.05) is 18.2 Å². The van der Waals surface area contributed by atoms with E-state index in [-0.39, 0.29) is 23.8 Å². The van der Waals surface area contributed by atoms with E-state index in [4.69, 9.17) is 14.2 Å². The fourth-order valence-electron chi connectivity index (χ4n) is 2.48. The zero-order valence-corrected chi connectivity index (χ0v) is 16.2. The lowest BCUT2D eigenvalue weighted by molar-refractivity contribution is 0.0381. The van der Waals surface area contributed by atoms with E-state index >= 15 is 0 Å². The van der Waals surface area contributed by atoms with Crippen LogP contribution in [-0.2, 0) is 14.8 Å². The molecule has 1 amide bonds. The first-order chi connectivity index (χ1) is 12.7. The largest absolute Gasteiger partial charge is 0.490 e. The number of benzene rings is 2. The number of para-hydroxylation sites is 1. The van der Waals surface area contributed by atoms with E-state index in [0.717, 1.165) is 0 Å². The Morgan fingerprint density at radius 1 is 1.07 bits per heavy atom. The van der Waals surface area contributed by atoms with Crippen molar-refractivity contribution in [2.24, 2.45) is 0 Å². The van der Waals surface area contributed by atoms with Gasteiger partial charge >= 0.3 is 6.09 Å².